The monoisotopic (exact) mass is 207 g/mol. The predicted octanol–water partition coefficient (Wildman–Crippen LogP) is 2.87. The molecule has 0 heterocycles. The Morgan fingerprint density at radius 3 is 2.07 bits per heavy atom. The quantitative estimate of drug-likeness (QED) is 0.797. The molecule has 2 heteroatoms. The van der Waals surface area contributed by atoms with Crippen LogP contribution in [0.15, 0.2) is 24.3 Å². The van der Waals surface area contributed by atoms with E-state index in [4.69, 9.17) is 5.73 Å². The number of nitrogens with two attached hydrogens (primary N) is 1. The minimum atomic E-state index is 0.214. The van der Waals surface area contributed by atoms with Gasteiger partial charge < -0.3 is 10.8 Å². The van der Waals surface area contributed by atoms with Crippen molar-refractivity contribution in [3.05, 3.63) is 29.8 Å². The van der Waals surface area contributed by atoms with E-state index in [1.54, 1.807) is 12.1 Å². The zero-order chi connectivity index (χ0) is 11.4. The van der Waals surface area contributed by atoms with E-state index in [1.165, 1.54) is 5.56 Å². The van der Waals surface area contributed by atoms with Crippen LogP contribution in [0.25, 0.3) is 0 Å². The van der Waals surface area contributed by atoms with Crippen LogP contribution in [0.1, 0.15) is 38.7 Å². The topological polar surface area (TPSA) is 46.2 Å². The molecule has 0 aliphatic rings. The molecule has 0 spiro atoms. The Hall–Kier alpha value is -1.02. The predicted molar refractivity (Wildman–Crippen MR) is 64.0 cm³/mol. The normalized spacial score (nSPS) is 15.3. The lowest BCUT2D eigenvalue weighted by molar-refractivity contribution is 0.436. The lowest BCUT2D eigenvalue weighted by atomic mass is 9.84. The molecule has 0 amide bonds. The first-order valence-electron chi connectivity index (χ1n) is 5.55. The summed E-state index contributed by atoms with van der Waals surface area (Å²) < 4.78 is 0. The zero-order valence-corrected chi connectivity index (χ0v) is 9.77. The van der Waals surface area contributed by atoms with Gasteiger partial charge in [-0.25, -0.2) is 0 Å². The van der Waals surface area contributed by atoms with Crippen LogP contribution in [-0.2, 0) is 0 Å². The van der Waals surface area contributed by atoms with Crippen LogP contribution in [0.2, 0.25) is 0 Å². The lowest BCUT2D eigenvalue weighted by Crippen LogP contribution is -2.21. The van der Waals surface area contributed by atoms with Crippen molar-refractivity contribution in [1.82, 2.24) is 0 Å². The number of rotatable bonds is 4. The fourth-order valence-electron chi connectivity index (χ4n) is 1.92. The van der Waals surface area contributed by atoms with Gasteiger partial charge in [0.25, 0.3) is 0 Å². The fraction of sp³-hybridized carbons (Fsp3) is 0.538. The van der Waals surface area contributed by atoms with Crippen molar-refractivity contribution >= 4 is 0 Å². The molecule has 15 heavy (non-hydrogen) atoms. The Morgan fingerprint density at radius 2 is 1.67 bits per heavy atom. The zero-order valence-electron chi connectivity index (χ0n) is 9.77. The van der Waals surface area contributed by atoms with Gasteiger partial charge in [-0.15, -0.1) is 0 Å². The molecule has 0 radical (unpaired) electrons. The van der Waals surface area contributed by atoms with Crippen LogP contribution in [0.5, 0.6) is 5.75 Å². The van der Waals surface area contributed by atoms with Crippen molar-refractivity contribution in [2.75, 3.05) is 0 Å². The Labute approximate surface area is 92.1 Å². The van der Waals surface area contributed by atoms with Gasteiger partial charge in [-0.1, -0.05) is 26.0 Å². The molecule has 3 N–H and O–H groups in total. The highest BCUT2D eigenvalue weighted by molar-refractivity contribution is 5.28. The average Bonchev–Trinajstić information content (AvgIpc) is 2.15. The molecule has 0 aliphatic carbocycles. The molecule has 1 aromatic carbocycles. The average molecular weight is 207 g/mol. The molecule has 1 aromatic rings. The summed E-state index contributed by atoms with van der Waals surface area (Å²) in [6.45, 7) is 6.45. The molecule has 0 saturated carbocycles. The molecule has 1 rings (SSSR count). The smallest absolute Gasteiger partial charge is 0.115 e. The molecule has 0 aromatic heterocycles. The first kappa shape index (κ1) is 12.1. The summed E-state index contributed by atoms with van der Waals surface area (Å²) in [5.74, 6) is 1.37. The van der Waals surface area contributed by atoms with E-state index >= 15 is 0 Å². The maximum Gasteiger partial charge on any atom is 0.115 e. The largest absolute Gasteiger partial charge is 0.508 e. The van der Waals surface area contributed by atoms with Gasteiger partial charge in [-0.05, 0) is 42.9 Å². The van der Waals surface area contributed by atoms with Crippen molar-refractivity contribution in [3.63, 3.8) is 0 Å². The Bertz CT molecular complexity index is 290. The van der Waals surface area contributed by atoms with E-state index in [1.807, 2.05) is 19.1 Å². The minimum Gasteiger partial charge on any atom is -0.508 e. The van der Waals surface area contributed by atoms with E-state index in [2.05, 4.69) is 13.8 Å². The summed E-state index contributed by atoms with van der Waals surface area (Å²) >= 11 is 0. The van der Waals surface area contributed by atoms with Gasteiger partial charge >= 0.3 is 0 Å². The summed E-state index contributed by atoms with van der Waals surface area (Å²) in [6, 6.07) is 7.67. The van der Waals surface area contributed by atoms with E-state index in [-0.39, 0.29) is 6.04 Å². The molecule has 0 bridgehead atoms. The number of hydrogen-bond donors (Lipinski definition) is 2. The van der Waals surface area contributed by atoms with Gasteiger partial charge in [-0.2, -0.15) is 0 Å². The Balaban J connectivity index is 2.84. The maximum absolute atomic E-state index is 9.23. The number of phenols is 1. The highest BCUT2D eigenvalue weighted by Gasteiger charge is 2.17. The first-order valence-corrected chi connectivity index (χ1v) is 5.55. The van der Waals surface area contributed by atoms with Crippen molar-refractivity contribution < 1.29 is 5.11 Å². The van der Waals surface area contributed by atoms with Crippen molar-refractivity contribution in [3.8, 4) is 5.75 Å². The summed E-state index contributed by atoms with van der Waals surface area (Å²) in [5.41, 5.74) is 7.11. The Morgan fingerprint density at radius 1 is 1.13 bits per heavy atom. The van der Waals surface area contributed by atoms with E-state index in [0.29, 0.717) is 17.6 Å². The summed E-state index contributed by atoms with van der Waals surface area (Å²) in [5, 5.41) is 9.23. The van der Waals surface area contributed by atoms with Crippen LogP contribution in [-0.4, -0.2) is 11.1 Å². The van der Waals surface area contributed by atoms with Crippen molar-refractivity contribution in [2.45, 2.75) is 39.2 Å². The molecule has 0 saturated heterocycles. The Kier molecular flexibility index (Phi) is 4.15. The van der Waals surface area contributed by atoms with E-state index in [0.717, 1.165) is 6.42 Å². The number of benzene rings is 1. The van der Waals surface area contributed by atoms with Crippen LogP contribution in [0.4, 0.5) is 0 Å². The van der Waals surface area contributed by atoms with E-state index in [9.17, 15) is 5.11 Å². The first-order chi connectivity index (χ1) is 7.00. The molecule has 0 fully saturated rings. The SMILES string of the molecule is CC(N)CC(c1ccc(O)cc1)C(C)C. The highest BCUT2D eigenvalue weighted by atomic mass is 16.3. The van der Waals surface area contributed by atoms with Crippen LogP contribution in [0, 0.1) is 5.92 Å². The van der Waals surface area contributed by atoms with Gasteiger partial charge in [0.1, 0.15) is 5.75 Å². The number of aromatic hydroxyl groups is 1. The number of phenolic OH excluding ortho intramolecular Hbond substituents is 1. The summed E-state index contributed by atoms with van der Waals surface area (Å²) in [6.07, 6.45) is 0.989. The second kappa shape index (κ2) is 5.17. The number of hydrogen-bond acceptors (Lipinski definition) is 2. The third-order valence-corrected chi connectivity index (χ3v) is 2.75. The third kappa shape index (κ3) is 3.56. The standard InChI is InChI=1S/C13H21NO/c1-9(2)13(8-10(3)14)11-4-6-12(15)7-5-11/h4-7,9-10,13,15H,8,14H2,1-3H3. The minimum absolute atomic E-state index is 0.214. The summed E-state index contributed by atoms with van der Waals surface area (Å²) in [4.78, 5) is 0. The molecule has 2 nitrogen and oxygen atoms in total. The lowest BCUT2D eigenvalue weighted by Gasteiger charge is -2.23. The fourth-order valence-corrected chi connectivity index (χ4v) is 1.92. The molecule has 84 valence electrons. The second-order valence-electron chi connectivity index (χ2n) is 4.66. The van der Waals surface area contributed by atoms with E-state index < -0.39 is 0 Å². The highest BCUT2D eigenvalue weighted by Crippen LogP contribution is 2.29. The van der Waals surface area contributed by atoms with Crippen molar-refractivity contribution in [1.29, 1.82) is 0 Å². The van der Waals surface area contributed by atoms with Crippen LogP contribution < -0.4 is 5.73 Å². The van der Waals surface area contributed by atoms with Gasteiger partial charge in [0, 0.05) is 6.04 Å². The van der Waals surface area contributed by atoms with Gasteiger partial charge in [0.05, 0.1) is 0 Å². The van der Waals surface area contributed by atoms with Gasteiger partial charge in [0.15, 0.2) is 0 Å². The molecular formula is C13H21NO. The van der Waals surface area contributed by atoms with Crippen LogP contribution in [0.3, 0.4) is 0 Å². The van der Waals surface area contributed by atoms with Crippen LogP contribution >= 0.6 is 0 Å². The van der Waals surface area contributed by atoms with Crippen molar-refractivity contribution in [2.24, 2.45) is 11.7 Å². The summed E-state index contributed by atoms with van der Waals surface area (Å²) in [7, 11) is 0. The third-order valence-electron chi connectivity index (χ3n) is 2.75. The molecular weight excluding hydrogens is 186 g/mol. The molecule has 0 aliphatic heterocycles. The second-order valence-corrected chi connectivity index (χ2v) is 4.66. The van der Waals surface area contributed by atoms with Gasteiger partial charge in [-0.3, -0.25) is 0 Å². The molecule has 2 unspecified atom stereocenters. The maximum atomic E-state index is 9.23. The van der Waals surface area contributed by atoms with Gasteiger partial charge in [0.2, 0.25) is 0 Å². The molecule has 2 atom stereocenters.